The Labute approximate surface area is 122 Å². The van der Waals surface area contributed by atoms with E-state index in [-0.39, 0.29) is 11.7 Å². The van der Waals surface area contributed by atoms with Gasteiger partial charge in [0.05, 0.1) is 0 Å². The number of hydrogen-bond acceptors (Lipinski definition) is 2. The van der Waals surface area contributed by atoms with E-state index < -0.39 is 0 Å². The smallest absolute Gasteiger partial charge is 0.159 e. The molecule has 2 nitrogen and oxygen atoms in total. The van der Waals surface area contributed by atoms with Crippen LogP contribution in [0.5, 0.6) is 0 Å². The first-order valence-corrected chi connectivity index (χ1v) is 7.31. The van der Waals surface area contributed by atoms with Crippen LogP contribution in [0, 0.1) is 17.2 Å². The lowest BCUT2D eigenvalue weighted by Gasteiger charge is -2.16. The van der Waals surface area contributed by atoms with Gasteiger partial charge in [-0.05, 0) is 37.2 Å². The summed E-state index contributed by atoms with van der Waals surface area (Å²) in [5.41, 5.74) is 2.68. The Kier molecular flexibility index (Phi) is 6.37. The molecule has 108 valence electrons. The van der Waals surface area contributed by atoms with Crippen LogP contribution in [-0.4, -0.2) is 11.5 Å². The van der Waals surface area contributed by atoms with E-state index >= 15 is 0 Å². The molecular formula is C18H25NO. The fourth-order valence-corrected chi connectivity index (χ4v) is 2.07. The third-order valence-corrected chi connectivity index (χ3v) is 3.79. The zero-order valence-electron chi connectivity index (χ0n) is 12.9. The second kappa shape index (κ2) is 7.78. The third-order valence-electron chi connectivity index (χ3n) is 3.79. The molecule has 0 heterocycles. The van der Waals surface area contributed by atoms with Gasteiger partial charge in [0.25, 0.3) is 0 Å². The molecule has 0 bridgehead atoms. The van der Waals surface area contributed by atoms with Crippen LogP contribution in [0.2, 0.25) is 0 Å². The van der Waals surface area contributed by atoms with E-state index in [0.29, 0.717) is 5.92 Å². The van der Waals surface area contributed by atoms with Crippen molar-refractivity contribution in [3.63, 3.8) is 0 Å². The highest BCUT2D eigenvalue weighted by molar-refractivity contribution is 5.94. The second-order valence-electron chi connectivity index (χ2n) is 5.48. The average molecular weight is 271 g/mol. The standard InChI is InChI=1S/C18H25NO/c1-5-13(2)18(19)14(3)7-6-8-16-9-11-17(12-10-16)15(4)20/h6,8-14,19H,5,7H2,1-4H3/b8-6+,19-18?/t13-,14+/m0/s1. The molecule has 0 saturated heterocycles. The van der Waals surface area contributed by atoms with Crippen molar-refractivity contribution in [1.82, 2.24) is 0 Å². The summed E-state index contributed by atoms with van der Waals surface area (Å²) < 4.78 is 0. The third kappa shape index (κ3) is 4.76. The SMILES string of the molecule is CC[C@H](C)C(=N)[C@H](C)C/C=C/c1ccc(C(C)=O)cc1. The maximum atomic E-state index is 11.2. The van der Waals surface area contributed by atoms with Crippen molar-refractivity contribution in [2.24, 2.45) is 11.8 Å². The minimum Gasteiger partial charge on any atom is -0.309 e. The number of carbonyl (C=O) groups excluding carboxylic acids is 1. The van der Waals surface area contributed by atoms with E-state index in [9.17, 15) is 4.79 Å². The molecule has 0 spiro atoms. The van der Waals surface area contributed by atoms with Crippen LogP contribution in [0.25, 0.3) is 6.08 Å². The summed E-state index contributed by atoms with van der Waals surface area (Å²) >= 11 is 0. The average Bonchev–Trinajstić information content (AvgIpc) is 2.45. The number of benzene rings is 1. The summed E-state index contributed by atoms with van der Waals surface area (Å²) in [6.45, 7) is 7.92. The normalized spacial score (nSPS) is 14.2. The fraction of sp³-hybridized carbons (Fsp3) is 0.444. The van der Waals surface area contributed by atoms with Crippen molar-refractivity contribution in [1.29, 1.82) is 5.41 Å². The fourth-order valence-electron chi connectivity index (χ4n) is 2.07. The maximum absolute atomic E-state index is 11.2. The Morgan fingerprint density at radius 3 is 2.30 bits per heavy atom. The van der Waals surface area contributed by atoms with Gasteiger partial charge in [-0.2, -0.15) is 0 Å². The van der Waals surface area contributed by atoms with Crippen LogP contribution in [0.1, 0.15) is 56.5 Å². The number of ketones is 1. The van der Waals surface area contributed by atoms with Gasteiger partial charge in [0.1, 0.15) is 0 Å². The van der Waals surface area contributed by atoms with Crippen LogP contribution in [0.4, 0.5) is 0 Å². The number of hydrogen-bond donors (Lipinski definition) is 1. The Bertz CT molecular complexity index is 485. The monoisotopic (exact) mass is 271 g/mol. The number of carbonyl (C=O) groups is 1. The molecule has 1 aromatic rings. The molecule has 1 rings (SSSR count). The summed E-state index contributed by atoms with van der Waals surface area (Å²) in [6.07, 6.45) is 6.09. The highest BCUT2D eigenvalue weighted by atomic mass is 16.1. The predicted molar refractivity (Wildman–Crippen MR) is 86.4 cm³/mol. The first-order valence-electron chi connectivity index (χ1n) is 7.31. The Morgan fingerprint density at radius 2 is 1.80 bits per heavy atom. The van der Waals surface area contributed by atoms with E-state index in [0.717, 1.165) is 29.7 Å². The van der Waals surface area contributed by atoms with Gasteiger partial charge in [-0.1, -0.05) is 57.2 Å². The molecule has 0 saturated carbocycles. The lowest BCUT2D eigenvalue weighted by atomic mass is 9.90. The van der Waals surface area contributed by atoms with Crippen LogP contribution in [0.15, 0.2) is 30.3 Å². The van der Waals surface area contributed by atoms with Gasteiger partial charge in [-0.3, -0.25) is 4.79 Å². The molecule has 0 aliphatic rings. The number of rotatable bonds is 7. The molecule has 1 aromatic carbocycles. The topological polar surface area (TPSA) is 40.9 Å². The zero-order chi connectivity index (χ0) is 15.1. The summed E-state index contributed by atoms with van der Waals surface area (Å²) in [5.74, 6) is 0.752. The lowest BCUT2D eigenvalue weighted by molar-refractivity contribution is 0.101. The molecule has 20 heavy (non-hydrogen) atoms. The van der Waals surface area contributed by atoms with Crippen molar-refractivity contribution in [2.75, 3.05) is 0 Å². The van der Waals surface area contributed by atoms with E-state index in [1.165, 1.54) is 0 Å². The molecule has 2 heteroatoms. The van der Waals surface area contributed by atoms with E-state index in [4.69, 9.17) is 5.41 Å². The molecule has 0 fully saturated rings. The summed E-state index contributed by atoms with van der Waals surface area (Å²) in [4.78, 5) is 11.2. The van der Waals surface area contributed by atoms with Gasteiger partial charge in [0.15, 0.2) is 5.78 Å². The van der Waals surface area contributed by atoms with E-state index in [1.807, 2.05) is 24.3 Å². The predicted octanol–water partition coefficient (Wildman–Crippen LogP) is 4.99. The largest absolute Gasteiger partial charge is 0.309 e. The van der Waals surface area contributed by atoms with Crippen molar-refractivity contribution >= 4 is 17.6 Å². The highest BCUT2D eigenvalue weighted by Gasteiger charge is 2.12. The van der Waals surface area contributed by atoms with Crippen molar-refractivity contribution in [3.05, 3.63) is 41.5 Å². The zero-order valence-corrected chi connectivity index (χ0v) is 12.9. The van der Waals surface area contributed by atoms with Gasteiger partial charge >= 0.3 is 0 Å². The number of nitrogens with one attached hydrogen (secondary N) is 1. The van der Waals surface area contributed by atoms with Crippen LogP contribution >= 0.6 is 0 Å². The summed E-state index contributed by atoms with van der Waals surface area (Å²) in [6, 6.07) is 7.62. The summed E-state index contributed by atoms with van der Waals surface area (Å²) in [7, 11) is 0. The number of Topliss-reactive ketones (excluding diaryl/α,β-unsaturated/α-hetero) is 1. The van der Waals surface area contributed by atoms with Crippen molar-refractivity contribution in [3.8, 4) is 0 Å². The van der Waals surface area contributed by atoms with Crippen LogP contribution in [-0.2, 0) is 0 Å². The van der Waals surface area contributed by atoms with Gasteiger partial charge in [0.2, 0.25) is 0 Å². The summed E-state index contributed by atoms with van der Waals surface area (Å²) in [5, 5.41) is 8.09. The van der Waals surface area contributed by atoms with Gasteiger partial charge in [-0.15, -0.1) is 0 Å². The van der Waals surface area contributed by atoms with Crippen LogP contribution in [0.3, 0.4) is 0 Å². The van der Waals surface area contributed by atoms with Gasteiger partial charge in [0, 0.05) is 11.3 Å². The number of allylic oxidation sites excluding steroid dienone is 1. The molecular weight excluding hydrogens is 246 g/mol. The van der Waals surface area contributed by atoms with Crippen molar-refractivity contribution < 1.29 is 4.79 Å². The molecule has 0 amide bonds. The Balaban J connectivity index is 2.56. The molecule has 0 aliphatic carbocycles. The minimum absolute atomic E-state index is 0.0937. The van der Waals surface area contributed by atoms with Crippen molar-refractivity contribution in [2.45, 2.75) is 40.5 Å². The first-order chi connectivity index (χ1) is 9.45. The molecule has 0 radical (unpaired) electrons. The van der Waals surface area contributed by atoms with Crippen LogP contribution < -0.4 is 0 Å². The molecule has 1 N–H and O–H groups in total. The maximum Gasteiger partial charge on any atom is 0.159 e. The molecule has 2 atom stereocenters. The van der Waals surface area contributed by atoms with Gasteiger partial charge < -0.3 is 5.41 Å². The lowest BCUT2D eigenvalue weighted by Crippen LogP contribution is -2.17. The quantitative estimate of drug-likeness (QED) is 0.550. The minimum atomic E-state index is 0.0937. The molecule has 0 unspecified atom stereocenters. The van der Waals surface area contributed by atoms with E-state index in [2.05, 4.69) is 32.9 Å². The first kappa shape index (κ1) is 16.4. The Hall–Kier alpha value is -1.70. The highest BCUT2D eigenvalue weighted by Crippen LogP contribution is 2.15. The Morgan fingerprint density at radius 1 is 1.20 bits per heavy atom. The molecule has 0 aromatic heterocycles. The van der Waals surface area contributed by atoms with E-state index in [1.54, 1.807) is 6.92 Å². The van der Waals surface area contributed by atoms with Gasteiger partial charge in [-0.25, -0.2) is 0 Å². The second-order valence-corrected chi connectivity index (χ2v) is 5.48. The molecule has 0 aliphatic heterocycles.